The molecule has 0 spiro atoms. The van der Waals surface area contributed by atoms with E-state index >= 15 is 0 Å². The minimum absolute atomic E-state index is 0.247. The number of benzene rings is 8. The highest BCUT2D eigenvalue weighted by atomic mass is 31.2. The van der Waals surface area contributed by atoms with E-state index in [1.807, 2.05) is 48.5 Å². The van der Waals surface area contributed by atoms with Crippen LogP contribution in [0.25, 0.3) is 64.6 Å². The van der Waals surface area contributed by atoms with Gasteiger partial charge in [-0.25, -0.2) is 9.13 Å². The fourth-order valence-electron chi connectivity index (χ4n) is 7.62. The zero-order valence-corrected chi connectivity index (χ0v) is 29.3. The minimum Gasteiger partial charge on any atom is -0.396 e. The summed E-state index contributed by atoms with van der Waals surface area (Å²) >= 11 is 0. The Kier molecular flexibility index (Phi) is 9.06. The maximum atomic E-state index is 13.2. The lowest BCUT2D eigenvalue weighted by Crippen LogP contribution is -2.20. The van der Waals surface area contributed by atoms with Crippen molar-refractivity contribution in [3.8, 4) is 0 Å². The van der Waals surface area contributed by atoms with Crippen molar-refractivity contribution in [2.45, 2.75) is 12.8 Å². The first-order valence-electron chi connectivity index (χ1n) is 16.8. The van der Waals surface area contributed by atoms with Gasteiger partial charge in [-0.3, -0.25) is 13.6 Å². The Morgan fingerprint density at radius 2 is 0.882 bits per heavy atom. The van der Waals surface area contributed by atoms with Crippen LogP contribution in [0.2, 0.25) is 0 Å². The van der Waals surface area contributed by atoms with Crippen molar-refractivity contribution in [1.82, 2.24) is 0 Å². The van der Waals surface area contributed by atoms with Gasteiger partial charge in [0, 0.05) is 18.4 Å². The molecule has 8 rings (SSSR count). The first-order chi connectivity index (χ1) is 24.6. The van der Waals surface area contributed by atoms with Crippen LogP contribution < -0.4 is 0 Å². The topological polar surface area (TPSA) is 143 Å². The van der Waals surface area contributed by atoms with E-state index in [1.54, 1.807) is 0 Å². The molecule has 0 aliphatic heterocycles. The number of rotatable bonds is 14. The van der Waals surface area contributed by atoms with Gasteiger partial charge in [0.2, 0.25) is 0 Å². The quantitative estimate of drug-likeness (QED) is 0.0640. The molecule has 4 N–H and O–H groups in total. The van der Waals surface area contributed by atoms with Gasteiger partial charge in [0.1, 0.15) is 0 Å². The monoisotopic (exact) mass is 722 g/mol. The van der Waals surface area contributed by atoms with E-state index in [1.165, 1.54) is 5.39 Å². The Bertz CT molecular complexity index is 2620. The second-order valence-corrected chi connectivity index (χ2v) is 16.0. The first-order valence-corrected chi connectivity index (χ1v) is 19.8. The summed E-state index contributed by atoms with van der Waals surface area (Å²) in [4.78, 5) is 29.7. The highest BCUT2D eigenvalue weighted by Crippen LogP contribution is 2.46. The molecule has 0 aliphatic rings. The highest BCUT2D eigenvalue weighted by molar-refractivity contribution is 7.47. The van der Waals surface area contributed by atoms with Crippen LogP contribution in [0.1, 0.15) is 11.1 Å². The predicted octanol–water partition coefficient (Wildman–Crippen LogP) is 8.73. The van der Waals surface area contributed by atoms with Gasteiger partial charge in [0.15, 0.2) is 0 Å². The lowest BCUT2D eigenvalue weighted by Gasteiger charge is -2.22. The molecule has 0 aliphatic carbocycles. The average molecular weight is 723 g/mol. The number of phosphoric acid groups is 2. The van der Waals surface area contributed by atoms with E-state index < -0.39 is 34.1 Å². The fourth-order valence-corrected chi connectivity index (χ4v) is 8.89. The summed E-state index contributed by atoms with van der Waals surface area (Å²) in [5.74, 6) is -1.22. The van der Waals surface area contributed by atoms with Crippen molar-refractivity contribution < 1.29 is 42.5 Å². The first kappa shape index (κ1) is 34.1. The molecule has 0 saturated heterocycles. The molecule has 0 radical (unpaired) electrons. The van der Waals surface area contributed by atoms with Crippen LogP contribution >= 0.6 is 15.6 Å². The summed E-state index contributed by atoms with van der Waals surface area (Å²) in [5, 5.41) is 23.4. The molecule has 0 amide bonds. The second-order valence-electron chi connectivity index (χ2n) is 13.3. The standard InChI is InChI=1S/C40H36O9P2/c41-21-25(17-33-19-31-9-1-5-27-13-15-29-7-3-11-35(33)39(29)37(27)31)22-48-51(45,46)49-24-26(23-47-50(42,43)44)18-34-20-32-10-2-6-28-14-16-30-8-4-12-36(34)40(30)38(28)32/h1-16,19-20,25-26,41H,17-18,21-24H2,(H,45,46)(H2,42,43,44). The van der Waals surface area contributed by atoms with Crippen molar-refractivity contribution in [1.29, 1.82) is 0 Å². The lowest BCUT2D eigenvalue weighted by molar-refractivity contribution is 0.0857. The molecular formula is C40H36O9P2. The van der Waals surface area contributed by atoms with Crippen LogP contribution in [0, 0.1) is 11.8 Å². The molecule has 0 heterocycles. The van der Waals surface area contributed by atoms with Gasteiger partial charge in [-0.05, 0) is 88.6 Å². The number of aliphatic hydroxyl groups excluding tert-OH is 1. The van der Waals surface area contributed by atoms with E-state index in [4.69, 9.17) is 13.6 Å². The molecule has 9 nitrogen and oxygen atoms in total. The molecule has 0 bridgehead atoms. The molecule has 8 aromatic rings. The molecule has 51 heavy (non-hydrogen) atoms. The maximum Gasteiger partial charge on any atom is 0.472 e. The molecule has 11 heteroatoms. The highest BCUT2D eigenvalue weighted by Gasteiger charge is 2.28. The Labute approximate surface area is 293 Å². The number of hydrogen-bond donors (Lipinski definition) is 4. The smallest absolute Gasteiger partial charge is 0.396 e. The van der Waals surface area contributed by atoms with Gasteiger partial charge >= 0.3 is 15.6 Å². The minimum atomic E-state index is -4.84. The van der Waals surface area contributed by atoms with Crippen LogP contribution in [-0.2, 0) is 35.5 Å². The largest absolute Gasteiger partial charge is 0.472 e. The second kappa shape index (κ2) is 13.5. The zero-order valence-electron chi connectivity index (χ0n) is 27.5. The predicted molar refractivity (Wildman–Crippen MR) is 201 cm³/mol. The third kappa shape index (κ3) is 6.86. The van der Waals surface area contributed by atoms with E-state index in [0.29, 0.717) is 6.42 Å². The third-order valence-electron chi connectivity index (χ3n) is 9.89. The van der Waals surface area contributed by atoms with E-state index in [0.717, 1.165) is 70.4 Å². The van der Waals surface area contributed by atoms with Crippen molar-refractivity contribution in [3.63, 3.8) is 0 Å². The Morgan fingerprint density at radius 1 is 0.490 bits per heavy atom. The van der Waals surface area contributed by atoms with Gasteiger partial charge in [-0.2, -0.15) is 0 Å². The average Bonchev–Trinajstić information content (AvgIpc) is 3.12. The summed E-state index contributed by atoms with van der Waals surface area (Å²) in [6, 6.07) is 36.9. The zero-order chi connectivity index (χ0) is 35.3. The summed E-state index contributed by atoms with van der Waals surface area (Å²) in [6.45, 7) is -1.33. The van der Waals surface area contributed by atoms with Crippen LogP contribution in [0.3, 0.4) is 0 Å². The Balaban J connectivity index is 1.00. The van der Waals surface area contributed by atoms with Crippen molar-refractivity contribution in [2.75, 3.05) is 26.4 Å². The van der Waals surface area contributed by atoms with Crippen LogP contribution in [-0.4, -0.2) is 46.2 Å². The number of phosphoric ester groups is 2. The molecule has 3 unspecified atom stereocenters. The van der Waals surface area contributed by atoms with Gasteiger partial charge in [-0.15, -0.1) is 0 Å². The van der Waals surface area contributed by atoms with Gasteiger partial charge in [0.25, 0.3) is 0 Å². The van der Waals surface area contributed by atoms with Gasteiger partial charge in [0.05, 0.1) is 19.8 Å². The number of hydrogen-bond acceptors (Lipinski definition) is 6. The number of aliphatic hydroxyl groups is 1. The summed E-state index contributed by atoms with van der Waals surface area (Å²) in [6.07, 6.45) is 0.643. The molecule has 0 saturated carbocycles. The molecule has 0 fully saturated rings. The van der Waals surface area contributed by atoms with Crippen molar-refractivity contribution in [2.24, 2.45) is 11.8 Å². The SMILES string of the molecule is O=P(O)(O)OCC(COP(=O)(O)OCC(CO)Cc1cc2cccc3ccc4cccc1c4c32)Cc1cc2cccc3ccc4cccc1c4c32. The summed E-state index contributed by atoms with van der Waals surface area (Å²) < 4.78 is 40.7. The van der Waals surface area contributed by atoms with E-state index in [-0.39, 0.29) is 26.2 Å². The van der Waals surface area contributed by atoms with Crippen LogP contribution in [0.4, 0.5) is 0 Å². The lowest BCUT2D eigenvalue weighted by atomic mass is 9.88. The van der Waals surface area contributed by atoms with Crippen LogP contribution in [0.5, 0.6) is 0 Å². The normalized spacial score (nSPS) is 15.1. The molecule has 0 aromatic heterocycles. The van der Waals surface area contributed by atoms with Crippen molar-refractivity contribution >= 4 is 80.3 Å². The van der Waals surface area contributed by atoms with E-state index in [2.05, 4.69) is 60.7 Å². The van der Waals surface area contributed by atoms with Gasteiger partial charge in [-0.1, -0.05) is 109 Å². The summed E-state index contributed by atoms with van der Waals surface area (Å²) in [7, 11) is -9.49. The molecule has 3 atom stereocenters. The molecule has 8 aromatic carbocycles. The third-order valence-corrected chi connectivity index (χ3v) is 11.3. The Morgan fingerprint density at radius 3 is 1.35 bits per heavy atom. The van der Waals surface area contributed by atoms with Crippen molar-refractivity contribution in [3.05, 3.63) is 120 Å². The van der Waals surface area contributed by atoms with E-state index in [9.17, 15) is 28.9 Å². The molecule has 260 valence electrons. The van der Waals surface area contributed by atoms with Gasteiger partial charge < -0.3 is 19.8 Å². The molecular weight excluding hydrogens is 686 g/mol. The Hall–Kier alpha value is -3.98. The summed E-state index contributed by atoms with van der Waals surface area (Å²) in [5.41, 5.74) is 1.88. The fraction of sp³-hybridized carbons (Fsp3) is 0.200. The van der Waals surface area contributed by atoms with Crippen LogP contribution in [0.15, 0.2) is 109 Å². The maximum absolute atomic E-state index is 13.2.